The van der Waals surface area contributed by atoms with Crippen molar-refractivity contribution >= 4 is 36.0 Å². The fourth-order valence-electron chi connectivity index (χ4n) is 4.65. The smallest absolute Gasteiger partial charge is 0.406 e. The molecule has 0 atom stereocenters. The van der Waals surface area contributed by atoms with Crippen LogP contribution in [0.3, 0.4) is 0 Å². The SMILES string of the molecule is C=NC(=O)N/C=C(\F)c1ccc(-c2ncn(-c3ccc(OC(F)(F)F)cc3)n2)cc1.Cc1cccc(N2CCSC2)c1C(C)C. The van der Waals surface area contributed by atoms with Crippen LogP contribution in [0.1, 0.15) is 36.5 Å². The number of hydrogen-bond donors (Lipinski definition) is 1. The van der Waals surface area contributed by atoms with Crippen molar-refractivity contribution in [2.24, 2.45) is 4.99 Å². The fourth-order valence-corrected chi connectivity index (χ4v) is 5.62. The zero-order valence-electron chi connectivity index (χ0n) is 24.9. The van der Waals surface area contributed by atoms with E-state index >= 15 is 0 Å². The van der Waals surface area contributed by atoms with Crippen LogP contribution < -0.4 is 15.0 Å². The topological polar surface area (TPSA) is 84.6 Å². The highest BCUT2D eigenvalue weighted by molar-refractivity contribution is 7.99. The number of amides is 2. The van der Waals surface area contributed by atoms with Crippen molar-refractivity contribution in [3.63, 3.8) is 0 Å². The van der Waals surface area contributed by atoms with Crippen molar-refractivity contribution in [3.05, 3.63) is 95.9 Å². The minimum Gasteiger partial charge on any atom is -0.406 e. The van der Waals surface area contributed by atoms with Crippen LogP contribution in [0.5, 0.6) is 5.75 Å². The summed E-state index contributed by atoms with van der Waals surface area (Å²) in [6.45, 7) is 11.0. The van der Waals surface area contributed by atoms with Crippen molar-refractivity contribution in [2.45, 2.75) is 33.1 Å². The van der Waals surface area contributed by atoms with Gasteiger partial charge in [0.2, 0.25) is 0 Å². The van der Waals surface area contributed by atoms with Gasteiger partial charge in [0.25, 0.3) is 0 Å². The second-order valence-corrected chi connectivity index (χ2v) is 11.3. The van der Waals surface area contributed by atoms with Crippen LogP contribution in [0, 0.1) is 6.92 Å². The molecule has 1 saturated heterocycles. The number of aromatic nitrogens is 3. The molecule has 1 N–H and O–H groups in total. The molecule has 13 heteroatoms. The summed E-state index contributed by atoms with van der Waals surface area (Å²) in [6, 6.07) is 17.1. The monoisotopic (exact) mass is 640 g/mol. The number of anilines is 1. The van der Waals surface area contributed by atoms with Crippen molar-refractivity contribution in [3.8, 4) is 22.8 Å². The maximum absolute atomic E-state index is 14.0. The number of benzene rings is 3. The summed E-state index contributed by atoms with van der Waals surface area (Å²) in [5.74, 6) is 2.34. The van der Waals surface area contributed by atoms with Gasteiger partial charge < -0.3 is 15.0 Å². The molecule has 0 radical (unpaired) electrons. The summed E-state index contributed by atoms with van der Waals surface area (Å²) in [5.41, 5.74) is 5.68. The number of aryl methyl sites for hydroxylation is 1. The fraction of sp³-hybridized carbons (Fsp3) is 0.250. The predicted octanol–water partition coefficient (Wildman–Crippen LogP) is 8.14. The molecule has 5 rings (SSSR count). The van der Waals surface area contributed by atoms with Crippen LogP contribution in [-0.4, -0.2) is 52.0 Å². The Labute approximate surface area is 262 Å². The van der Waals surface area contributed by atoms with Crippen LogP contribution in [-0.2, 0) is 0 Å². The lowest BCUT2D eigenvalue weighted by Gasteiger charge is -2.24. The number of aliphatic imine (C=N–C) groups is 1. The number of thioether (sulfide) groups is 1. The molecule has 45 heavy (non-hydrogen) atoms. The predicted molar refractivity (Wildman–Crippen MR) is 171 cm³/mol. The van der Waals surface area contributed by atoms with Crippen LogP contribution in [0.4, 0.5) is 28.0 Å². The highest BCUT2D eigenvalue weighted by Gasteiger charge is 2.31. The van der Waals surface area contributed by atoms with Crippen molar-refractivity contribution in [1.82, 2.24) is 20.1 Å². The molecule has 4 aromatic rings. The first-order valence-electron chi connectivity index (χ1n) is 13.9. The van der Waals surface area contributed by atoms with Crippen molar-refractivity contribution < 1.29 is 27.1 Å². The first-order valence-corrected chi connectivity index (χ1v) is 15.0. The molecule has 1 aliphatic rings. The van der Waals surface area contributed by atoms with E-state index in [0.29, 0.717) is 23.0 Å². The number of carbonyl (C=O) groups is 1. The highest BCUT2D eigenvalue weighted by atomic mass is 32.2. The zero-order chi connectivity index (χ0) is 32.6. The zero-order valence-corrected chi connectivity index (χ0v) is 25.7. The molecule has 0 bridgehead atoms. The van der Waals surface area contributed by atoms with Gasteiger partial charge in [-0.3, -0.25) is 0 Å². The standard InChI is InChI=1S/C19H13F4N5O2.C13H19NS/c1-24-18(29)25-10-16(20)12-2-4-13(5-3-12)17-26-11-28(27-17)14-6-8-15(9-7-14)30-19(21,22)23;1-10(2)13-11(3)5-4-6-12(13)14-7-8-15-9-14/h2-11H,1H2,(H,25,29);4-6,10H,7-9H2,1-3H3/b16-10-;. The Morgan fingerprint density at radius 3 is 2.42 bits per heavy atom. The van der Waals surface area contributed by atoms with Gasteiger partial charge in [-0.2, -0.15) is 0 Å². The largest absolute Gasteiger partial charge is 0.573 e. The molecule has 8 nitrogen and oxygen atoms in total. The Morgan fingerprint density at radius 1 is 1.11 bits per heavy atom. The number of hydrogen-bond acceptors (Lipinski definition) is 6. The Kier molecular flexibility index (Phi) is 11.0. The van der Waals surface area contributed by atoms with E-state index in [9.17, 15) is 22.4 Å². The molecular formula is C32H32F4N6O2S. The lowest BCUT2D eigenvalue weighted by atomic mass is 9.95. The van der Waals surface area contributed by atoms with Gasteiger partial charge in [-0.1, -0.05) is 50.2 Å². The summed E-state index contributed by atoms with van der Waals surface area (Å²) in [5, 5.41) is 6.37. The molecule has 236 valence electrons. The van der Waals surface area contributed by atoms with E-state index in [4.69, 9.17) is 0 Å². The maximum atomic E-state index is 14.0. The van der Waals surface area contributed by atoms with Gasteiger partial charge in [-0.15, -0.1) is 30.0 Å². The van der Waals surface area contributed by atoms with Crippen molar-refractivity contribution in [2.75, 3.05) is 23.1 Å². The lowest BCUT2D eigenvalue weighted by molar-refractivity contribution is -0.274. The molecule has 0 saturated carbocycles. The van der Waals surface area contributed by atoms with E-state index in [1.807, 2.05) is 11.8 Å². The molecular weight excluding hydrogens is 608 g/mol. The summed E-state index contributed by atoms with van der Waals surface area (Å²) >= 11 is 2.03. The summed E-state index contributed by atoms with van der Waals surface area (Å²) in [7, 11) is 0. The molecule has 2 amide bonds. The van der Waals surface area contributed by atoms with Gasteiger partial charge in [-0.25, -0.2) is 23.8 Å². The van der Waals surface area contributed by atoms with E-state index < -0.39 is 18.2 Å². The average Bonchev–Trinajstić information content (AvgIpc) is 3.73. The number of rotatable bonds is 7. The quantitative estimate of drug-likeness (QED) is 0.162. The molecule has 1 aromatic heterocycles. The Hall–Kier alpha value is -4.65. The average molecular weight is 641 g/mol. The number of carbonyl (C=O) groups excluding carboxylic acids is 1. The van der Waals surface area contributed by atoms with E-state index in [-0.39, 0.29) is 11.3 Å². The Balaban J connectivity index is 0.000000256. The third-order valence-electron chi connectivity index (χ3n) is 6.68. The highest BCUT2D eigenvalue weighted by Crippen LogP contribution is 2.33. The molecule has 3 aromatic carbocycles. The molecule has 0 aliphatic carbocycles. The maximum Gasteiger partial charge on any atom is 0.573 e. The molecule has 1 aliphatic heterocycles. The molecule has 1 fully saturated rings. The minimum absolute atomic E-state index is 0.211. The molecule has 2 heterocycles. The first kappa shape index (κ1) is 33.2. The third kappa shape index (κ3) is 9.17. The third-order valence-corrected chi connectivity index (χ3v) is 7.65. The number of urea groups is 1. The number of ether oxygens (including phenoxy) is 1. The van der Waals surface area contributed by atoms with Crippen molar-refractivity contribution in [1.29, 1.82) is 0 Å². The van der Waals surface area contributed by atoms with Gasteiger partial charge in [0.1, 0.15) is 17.9 Å². The molecule has 0 unspecified atom stereocenters. The van der Waals surface area contributed by atoms with E-state index in [0.717, 1.165) is 24.2 Å². The van der Waals surface area contributed by atoms with Gasteiger partial charge >= 0.3 is 12.4 Å². The number of nitrogens with zero attached hydrogens (tertiary/aromatic N) is 5. The van der Waals surface area contributed by atoms with Crippen LogP contribution in [0.15, 0.2) is 84.2 Å². The number of halogens is 4. The van der Waals surface area contributed by atoms with Crippen LogP contribution >= 0.6 is 11.8 Å². The summed E-state index contributed by atoms with van der Waals surface area (Å²) in [6.07, 6.45) is -2.51. The summed E-state index contributed by atoms with van der Waals surface area (Å²) < 4.78 is 55.9. The van der Waals surface area contributed by atoms with Gasteiger partial charge in [0.05, 0.1) is 11.6 Å². The van der Waals surface area contributed by atoms with E-state index in [1.54, 1.807) is 12.1 Å². The Morgan fingerprint density at radius 2 is 1.82 bits per heavy atom. The summed E-state index contributed by atoms with van der Waals surface area (Å²) in [4.78, 5) is 20.7. The normalized spacial score (nSPS) is 13.3. The Bertz CT molecular complexity index is 1630. The second kappa shape index (κ2) is 14.9. The molecule has 0 spiro atoms. The lowest BCUT2D eigenvalue weighted by Crippen LogP contribution is -2.20. The van der Waals surface area contributed by atoms with Crippen LogP contribution in [0.2, 0.25) is 0 Å². The minimum atomic E-state index is -4.77. The van der Waals surface area contributed by atoms with Gasteiger partial charge in [-0.05, 0) is 61.0 Å². The first-order chi connectivity index (χ1) is 21.4. The number of nitrogens with one attached hydrogen (secondary N) is 1. The van der Waals surface area contributed by atoms with E-state index in [2.05, 4.69) is 75.7 Å². The van der Waals surface area contributed by atoms with Crippen LogP contribution in [0.25, 0.3) is 22.9 Å². The van der Waals surface area contributed by atoms with Gasteiger partial charge in [0.15, 0.2) is 5.82 Å². The number of alkyl halides is 3. The second-order valence-electron chi connectivity index (χ2n) is 10.2. The van der Waals surface area contributed by atoms with E-state index in [1.165, 1.54) is 64.4 Å². The van der Waals surface area contributed by atoms with Gasteiger partial charge in [0, 0.05) is 35.3 Å².